The number of fused-ring (bicyclic) bond motifs is 1. The molecule has 0 bridgehead atoms. The van der Waals surface area contributed by atoms with Gasteiger partial charge < -0.3 is 0 Å². The van der Waals surface area contributed by atoms with E-state index in [1.807, 2.05) is 0 Å². The van der Waals surface area contributed by atoms with E-state index in [9.17, 15) is 13.6 Å². The van der Waals surface area contributed by atoms with E-state index in [2.05, 4.69) is 10.3 Å². The van der Waals surface area contributed by atoms with Crippen molar-refractivity contribution in [1.82, 2.24) is 4.98 Å². The number of amides is 1. The van der Waals surface area contributed by atoms with Crippen molar-refractivity contribution >= 4 is 43.9 Å². The molecule has 2 heterocycles. The number of thiophene rings is 1. The normalized spacial score (nSPS) is 10.8. The van der Waals surface area contributed by atoms with Gasteiger partial charge in [-0.25, -0.2) is 13.8 Å². The molecule has 0 aliphatic carbocycles. The molecule has 3 nitrogen and oxygen atoms in total. The predicted octanol–water partition coefficient (Wildman–Crippen LogP) is 3.89. The van der Waals surface area contributed by atoms with Crippen LogP contribution in [0.15, 0.2) is 29.6 Å². The highest BCUT2D eigenvalue weighted by molar-refractivity contribution is 7.22. The molecule has 1 aromatic carbocycles. The van der Waals surface area contributed by atoms with E-state index >= 15 is 0 Å². The van der Waals surface area contributed by atoms with Crippen molar-refractivity contribution in [2.24, 2.45) is 0 Å². The number of hydrogen-bond donors (Lipinski definition) is 1. The molecule has 1 N–H and O–H groups in total. The second-order valence-corrected chi connectivity index (χ2v) is 5.66. The summed E-state index contributed by atoms with van der Waals surface area (Å²) in [7, 11) is 0. The SMILES string of the molecule is O=C(Nc1nc2c(F)cc(F)cc2s1)c1cccs1. The van der Waals surface area contributed by atoms with Crippen LogP contribution in [0.2, 0.25) is 0 Å². The van der Waals surface area contributed by atoms with Crippen molar-refractivity contribution in [1.29, 1.82) is 0 Å². The third-order valence-electron chi connectivity index (χ3n) is 2.38. The number of carbonyl (C=O) groups excluding carboxylic acids is 1. The minimum Gasteiger partial charge on any atom is -0.297 e. The highest BCUT2D eigenvalue weighted by Gasteiger charge is 2.13. The van der Waals surface area contributed by atoms with Gasteiger partial charge in [0, 0.05) is 6.07 Å². The lowest BCUT2D eigenvalue weighted by atomic mass is 10.3. The van der Waals surface area contributed by atoms with E-state index in [1.54, 1.807) is 17.5 Å². The van der Waals surface area contributed by atoms with Gasteiger partial charge in [0.05, 0.1) is 9.58 Å². The van der Waals surface area contributed by atoms with E-state index in [-0.39, 0.29) is 16.6 Å². The summed E-state index contributed by atoms with van der Waals surface area (Å²) in [6, 6.07) is 5.39. The number of benzene rings is 1. The largest absolute Gasteiger partial charge is 0.297 e. The summed E-state index contributed by atoms with van der Waals surface area (Å²) in [4.78, 5) is 16.3. The minimum atomic E-state index is -0.733. The maximum Gasteiger partial charge on any atom is 0.267 e. The fraction of sp³-hybridized carbons (Fsp3) is 0. The number of thiazole rings is 1. The second kappa shape index (κ2) is 4.67. The molecule has 0 unspecified atom stereocenters. The van der Waals surface area contributed by atoms with E-state index in [1.165, 1.54) is 17.4 Å². The third-order valence-corrected chi connectivity index (χ3v) is 4.17. The Morgan fingerprint density at radius 1 is 1.32 bits per heavy atom. The summed E-state index contributed by atoms with van der Waals surface area (Å²) in [5.74, 6) is -1.71. The molecule has 0 saturated carbocycles. The Morgan fingerprint density at radius 2 is 2.16 bits per heavy atom. The number of rotatable bonds is 2. The van der Waals surface area contributed by atoms with E-state index in [0.717, 1.165) is 17.4 Å². The first kappa shape index (κ1) is 12.2. The van der Waals surface area contributed by atoms with Crippen LogP contribution >= 0.6 is 22.7 Å². The van der Waals surface area contributed by atoms with Crippen LogP contribution in [0, 0.1) is 11.6 Å². The number of nitrogens with one attached hydrogen (secondary N) is 1. The molecule has 2 aromatic heterocycles. The molecule has 0 atom stereocenters. The summed E-state index contributed by atoms with van der Waals surface area (Å²) in [6.07, 6.45) is 0. The zero-order chi connectivity index (χ0) is 13.4. The van der Waals surface area contributed by atoms with Crippen LogP contribution < -0.4 is 5.32 Å². The number of halogens is 2. The van der Waals surface area contributed by atoms with Crippen LogP contribution in [0.4, 0.5) is 13.9 Å². The number of aromatic nitrogens is 1. The first-order valence-electron chi connectivity index (χ1n) is 5.24. The maximum atomic E-state index is 13.5. The van der Waals surface area contributed by atoms with Gasteiger partial charge in [0.2, 0.25) is 0 Å². The van der Waals surface area contributed by atoms with Gasteiger partial charge in [-0.2, -0.15) is 0 Å². The van der Waals surface area contributed by atoms with E-state index in [0.29, 0.717) is 9.58 Å². The molecule has 96 valence electrons. The maximum absolute atomic E-state index is 13.5. The van der Waals surface area contributed by atoms with Crippen LogP contribution in [0.1, 0.15) is 9.67 Å². The lowest BCUT2D eigenvalue weighted by Crippen LogP contribution is -2.09. The Kier molecular flexibility index (Phi) is 3.00. The van der Waals surface area contributed by atoms with E-state index in [4.69, 9.17) is 0 Å². The van der Waals surface area contributed by atoms with Crippen molar-refractivity contribution in [3.8, 4) is 0 Å². The molecular weight excluding hydrogens is 290 g/mol. The number of hydrogen-bond acceptors (Lipinski definition) is 4. The van der Waals surface area contributed by atoms with Gasteiger partial charge in [0.1, 0.15) is 11.3 Å². The number of anilines is 1. The molecule has 3 rings (SSSR count). The van der Waals surface area contributed by atoms with Gasteiger partial charge in [-0.3, -0.25) is 10.1 Å². The number of nitrogens with zero attached hydrogens (tertiary/aromatic N) is 1. The second-order valence-electron chi connectivity index (χ2n) is 3.68. The highest BCUT2D eigenvalue weighted by atomic mass is 32.1. The standard InChI is InChI=1S/C12H6F2N2OS2/c13-6-4-7(14)10-9(5-6)19-12(15-10)16-11(17)8-2-1-3-18-8/h1-5H,(H,15,16,17). The smallest absolute Gasteiger partial charge is 0.267 e. The Balaban J connectivity index is 1.94. The molecular formula is C12H6F2N2OS2. The minimum absolute atomic E-state index is 0.0629. The van der Waals surface area contributed by atoms with Crippen LogP contribution in [0.5, 0.6) is 0 Å². The van der Waals surface area contributed by atoms with Gasteiger partial charge in [-0.15, -0.1) is 11.3 Å². The van der Waals surface area contributed by atoms with Crippen LogP contribution in [-0.2, 0) is 0 Å². The predicted molar refractivity (Wildman–Crippen MR) is 71.8 cm³/mol. The van der Waals surface area contributed by atoms with Crippen LogP contribution in [-0.4, -0.2) is 10.9 Å². The molecule has 0 spiro atoms. The quantitative estimate of drug-likeness (QED) is 0.779. The summed E-state index contributed by atoms with van der Waals surface area (Å²) in [5, 5.41) is 4.60. The molecule has 0 aliphatic rings. The van der Waals surface area contributed by atoms with Crippen molar-refractivity contribution in [3.63, 3.8) is 0 Å². The average molecular weight is 296 g/mol. The van der Waals surface area contributed by atoms with Crippen molar-refractivity contribution in [2.75, 3.05) is 5.32 Å². The Morgan fingerprint density at radius 3 is 2.89 bits per heavy atom. The fourth-order valence-corrected chi connectivity index (χ4v) is 3.10. The Bertz CT molecular complexity index is 753. The molecule has 1 amide bonds. The Labute approximate surface area is 114 Å². The van der Waals surface area contributed by atoms with Gasteiger partial charge in [-0.1, -0.05) is 17.4 Å². The molecule has 19 heavy (non-hydrogen) atoms. The van der Waals surface area contributed by atoms with Crippen molar-refractivity contribution < 1.29 is 13.6 Å². The average Bonchev–Trinajstić information content (AvgIpc) is 2.96. The molecule has 3 aromatic rings. The highest BCUT2D eigenvalue weighted by Crippen LogP contribution is 2.29. The van der Waals surface area contributed by atoms with Crippen molar-refractivity contribution in [3.05, 3.63) is 46.2 Å². The topological polar surface area (TPSA) is 42.0 Å². The zero-order valence-electron chi connectivity index (χ0n) is 9.31. The first-order valence-corrected chi connectivity index (χ1v) is 6.93. The molecule has 7 heteroatoms. The summed E-state index contributed by atoms with van der Waals surface area (Å²) >= 11 is 2.33. The molecule has 0 saturated heterocycles. The van der Waals surface area contributed by atoms with Gasteiger partial charge >= 0.3 is 0 Å². The molecule has 0 fully saturated rings. The monoisotopic (exact) mass is 296 g/mol. The van der Waals surface area contributed by atoms with Gasteiger partial charge in [0.25, 0.3) is 5.91 Å². The third kappa shape index (κ3) is 2.34. The number of carbonyl (C=O) groups is 1. The van der Waals surface area contributed by atoms with Crippen LogP contribution in [0.3, 0.4) is 0 Å². The first-order chi connectivity index (χ1) is 9.13. The zero-order valence-corrected chi connectivity index (χ0v) is 10.9. The summed E-state index contributed by atoms with van der Waals surface area (Å²) in [6.45, 7) is 0. The fourth-order valence-electron chi connectivity index (χ4n) is 1.58. The van der Waals surface area contributed by atoms with Gasteiger partial charge in [-0.05, 0) is 17.5 Å². The van der Waals surface area contributed by atoms with Crippen LogP contribution in [0.25, 0.3) is 10.2 Å². The van der Waals surface area contributed by atoms with E-state index < -0.39 is 11.6 Å². The summed E-state index contributed by atoms with van der Waals surface area (Å²) < 4.78 is 26.9. The van der Waals surface area contributed by atoms with Gasteiger partial charge in [0.15, 0.2) is 10.9 Å². The molecule has 0 radical (unpaired) electrons. The van der Waals surface area contributed by atoms with Crippen molar-refractivity contribution in [2.45, 2.75) is 0 Å². The lowest BCUT2D eigenvalue weighted by Gasteiger charge is -1.96. The Hall–Kier alpha value is -1.86. The molecule has 0 aliphatic heterocycles. The summed E-state index contributed by atoms with van der Waals surface area (Å²) in [5.41, 5.74) is 0.0629. The lowest BCUT2D eigenvalue weighted by molar-refractivity contribution is 0.103.